The molecule has 3 aromatic rings. The Bertz CT molecular complexity index is 1360. The SMILES string of the molecule is CC[C@H](C)[C@H](NC(=O)[C@@H](Cc1ccccc1)n1c(=O)[nH]c2ccccc2c1=O)C(=O)N[C@H](C)C(=O)O. The van der Waals surface area contributed by atoms with Crippen molar-refractivity contribution < 1.29 is 19.5 Å². The summed E-state index contributed by atoms with van der Waals surface area (Å²) >= 11 is 0. The standard InChI is InChI=1S/C26H30N4O6/c1-4-15(2)21(23(32)27-16(3)25(34)35)29-22(31)20(14-17-10-6-5-7-11-17)30-24(33)18-12-8-9-13-19(18)28-26(30)36/h5-13,15-16,20-21H,4,14H2,1-3H3,(H,27,32)(H,28,36)(H,29,31)(H,34,35)/t15-,16+,20+,21-/m0/s1. The lowest BCUT2D eigenvalue weighted by molar-refractivity contribution is -0.142. The predicted molar refractivity (Wildman–Crippen MR) is 135 cm³/mol. The summed E-state index contributed by atoms with van der Waals surface area (Å²) in [7, 11) is 0. The van der Waals surface area contributed by atoms with Crippen LogP contribution in [0, 0.1) is 5.92 Å². The number of hydrogen-bond acceptors (Lipinski definition) is 5. The van der Waals surface area contributed by atoms with Crippen molar-refractivity contribution in [2.45, 2.75) is 51.7 Å². The molecule has 0 unspecified atom stereocenters. The van der Waals surface area contributed by atoms with Crippen molar-refractivity contribution in [1.29, 1.82) is 0 Å². The largest absolute Gasteiger partial charge is 0.480 e. The minimum absolute atomic E-state index is 0.0222. The Morgan fingerprint density at radius 2 is 1.58 bits per heavy atom. The highest BCUT2D eigenvalue weighted by atomic mass is 16.4. The molecule has 0 saturated heterocycles. The first-order valence-corrected chi connectivity index (χ1v) is 11.7. The van der Waals surface area contributed by atoms with Gasteiger partial charge in [0.1, 0.15) is 18.1 Å². The summed E-state index contributed by atoms with van der Waals surface area (Å²) in [5.74, 6) is -2.93. The number of carbonyl (C=O) groups is 3. The van der Waals surface area contributed by atoms with E-state index in [0.29, 0.717) is 17.5 Å². The molecule has 0 bridgehead atoms. The Hall–Kier alpha value is -4.21. The second-order valence-corrected chi connectivity index (χ2v) is 8.80. The number of amides is 2. The van der Waals surface area contributed by atoms with Crippen molar-refractivity contribution in [2.75, 3.05) is 0 Å². The molecule has 0 aliphatic heterocycles. The number of carboxylic acids is 1. The van der Waals surface area contributed by atoms with E-state index in [0.717, 1.165) is 4.57 Å². The van der Waals surface area contributed by atoms with Crippen LogP contribution in [-0.2, 0) is 20.8 Å². The number of hydrogen-bond donors (Lipinski definition) is 4. The van der Waals surface area contributed by atoms with Crippen LogP contribution in [-0.4, -0.2) is 44.5 Å². The molecule has 4 atom stereocenters. The fraction of sp³-hybridized carbons (Fsp3) is 0.346. The Labute approximate surface area is 207 Å². The van der Waals surface area contributed by atoms with E-state index < -0.39 is 47.2 Å². The molecular formula is C26H30N4O6. The van der Waals surface area contributed by atoms with Gasteiger partial charge in [-0.1, -0.05) is 62.7 Å². The van der Waals surface area contributed by atoms with Gasteiger partial charge in [-0.3, -0.25) is 19.2 Å². The minimum Gasteiger partial charge on any atom is -0.480 e. The normalized spacial score (nSPS) is 14.4. The second kappa shape index (κ2) is 11.5. The van der Waals surface area contributed by atoms with E-state index in [-0.39, 0.29) is 17.7 Å². The van der Waals surface area contributed by atoms with Gasteiger partial charge in [-0.05, 0) is 30.5 Å². The molecule has 190 valence electrons. The number of nitrogens with one attached hydrogen (secondary N) is 3. The zero-order valence-corrected chi connectivity index (χ0v) is 20.4. The Morgan fingerprint density at radius 1 is 0.944 bits per heavy atom. The third-order valence-corrected chi connectivity index (χ3v) is 6.25. The molecule has 2 amide bonds. The molecule has 0 saturated carbocycles. The van der Waals surface area contributed by atoms with E-state index in [1.54, 1.807) is 61.5 Å². The van der Waals surface area contributed by atoms with Crippen LogP contribution in [0.4, 0.5) is 0 Å². The maximum Gasteiger partial charge on any atom is 0.329 e. The number of benzene rings is 2. The average Bonchev–Trinajstić information content (AvgIpc) is 2.86. The molecular weight excluding hydrogens is 464 g/mol. The highest BCUT2D eigenvalue weighted by Crippen LogP contribution is 2.16. The zero-order chi connectivity index (χ0) is 26.4. The molecule has 3 rings (SSSR count). The van der Waals surface area contributed by atoms with Gasteiger partial charge >= 0.3 is 11.7 Å². The number of nitrogens with zero attached hydrogens (tertiary/aromatic N) is 1. The molecule has 4 N–H and O–H groups in total. The van der Waals surface area contributed by atoms with Gasteiger partial charge in [-0.15, -0.1) is 0 Å². The molecule has 36 heavy (non-hydrogen) atoms. The molecule has 0 spiro atoms. The molecule has 1 heterocycles. The highest BCUT2D eigenvalue weighted by molar-refractivity contribution is 5.91. The summed E-state index contributed by atoms with van der Waals surface area (Å²) in [6.07, 6.45) is 0.536. The minimum atomic E-state index is -1.26. The second-order valence-electron chi connectivity index (χ2n) is 8.80. The van der Waals surface area contributed by atoms with Gasteiger partial charge in [-0.2, -0.15) is 0 Å². The molecule has 0 aliphatic carbocycles. The van der Waals surface area contributed by atoms with Crippen molar-refractivity contribution in [3.8, 4) is 0 Å². The van der Waals surface area contributed by atoms with Crippen LogP contribution in [0.1, 0.15) is 38.8 Å². The molecule has 0 aliphatic rings. The van der Waals surface area contributed by atoms with Crippen LogP contribution in [0.3, 0.4) is 0 Å². The summed E-state index contributed by atoms with van der Waals surface area (Å²) in [6.45, 7) is 4.90. The van der Waals surface area contributed by atoms with Crippen LogP contribution in [0.15, 0.2) is 64.2 Å². The van der Waals surface area contributed by atoms with Gasteiger partial charge in [0, 0.05) is 6.42 Å². The van der Waals surface area contributed by atoms with Crippen molar-refractivity contribution in [3.05, 3.63) is 81.0 Å². The monoisotopic (exact) mass is 494 g/mol. The van der Waals surface area contributed by atoms with Crippen molar-refractivity contribution in [1.82, 2.24) is 20.2 Å². The predicted octanol–water partition coefficient (Wildman–Crippen LogP) is 1.59. The topological polar surface area (TPSA) is 150 Å². The first kappa shape index (κ1) is 26.4. The maximum atomic E-state index is 13.6. The summed E-state index contributed by atoms with van der Waals surface area (Å²) in [6, 6.07) is 11.9. The number of para-hydroxylation sites is 1. The number of aromatic nitrogens is 2. The lowest BCUT2D eigenvalue weighted by Gasteiger charge is -2.27. The van der Waals surface area contributed by atoms with Crippen molar-refractivity contribution in [2.24, 2.45) is 5.92 Å². The lowest BCUT2D eigenvalue weighted by Crippen LogP contribution is -2.56. The quantitative estimate of drug-likeness (QED) is 0.336. The number of fused-ring (bicyclic) bond motifs is 1. The van der Waals surface area contributed by atoms with Gasteiger partial charge in [0.25, 0.3) is 5.56 Å². The fourth-order valence-corrected chi connectivity index (χ4v) is 3.91. The van der Waals surface area contributed by atoms with Gasteiger partial charge in [-0.25, -0.2) is 9.36 Å². The highest BCUT2D eigenvalue weighted by Gasteiger charge is 2.32. The number of rotatable bonds is 10. The fourth-order valence-electron chi connectivity index (χ4n) is 3.91. The summed E-state index contributed by atoms with van der Waals surface area (Å²) in [5.41, 5.74) is -0.323. The number of carbonyl (C=O) groups excluding carboxylic acids is 2. The average molecular weight is 495 g/mol. The molecule has 2 aromatic carbocycles. The number of aliphatic carboxylic acids is 1. The van der Waals surface area contributed by atoms with Gasteiger partial charge in [0.15, 0.2) is 0 Å². The van der Waals surface area contributed by atoms with E-state index >= 15 is 0 Å². The van der Waals surface area contributed by atoms with Crippen LogP contribution in [0.25, 0.3) is 10.9 Å². The van der Waals surface area contributed by atoms with Crippen LogP contribution >= 0.6 is 0 Å². The van der Waals surface area contributed by atoms with Crippen molar-refractivity contribution in [3.63, 3.8) is 0 Å². The number of H-pyrrole nitrogens is 1. The van der Waals surface area contributed by atoms with E-state index in [2.05, 4.69) is 15.6 Å². The summed E-state index contributed by atoms with van der Waals surface area (Å²) in [4.78, 5) is 66.7. The lowest BCUT2D eigenvalue weighted by atomic mass is 9.96. The zero-order valence-electron chi connectivity index (χ0n) is 20.4. The molecule has 10 nitrogen and oxygen atoms in total. The first-order valence-electron chi connectivity index (χ1n) is 11.7. The number of carboxylic acid groups (broad SMARTS) is 1. The van der Waals surface area contributed by atoms with Crippen molar-refractivity contribution >= 4 is 28.7 Å². The van der Waals surface area contributed by atoms with Crippen LogP contribution in [0.2, 0.25) is 0 Å². The smallest absolute Gasteiger partial charge is 0.329 e. The Balaban J connectivity index is 2.05. The van der Waals surface area contributed by atoms with Crippen LogP contribution in [0.5, 0.6) is 0 Å². The molecule has 0 radical (unpaired) electrons. The third kappa shape index (κ3) is 5.88. The summed E-state index contributed by atoms with van der Waals surface area (Å²) in [5, 5.41) is 14.5. The van der Waals surface area contributed by atoms with Gasteiger partial charge in [0.2, 0.25) is 11.8 Å². The first-order chi connectivity index (χ1) is 17.1. The van der Waals surface area contributed by atoms with E-state index in [1.165, 1.54) is 6.92 Å². The van der Waals surface area contributed by atoms with E-state index in [1.807, 2.05) is 6.92 Å². The molecule has 10 heteroatoms. The van der Waals surface area contributed by atoms with E-state index in [9.17, 15) is 24.0 Å². The third-order valence-electron chi connectivity index (χ3n) is 6.25. The van der Waals surface area contributed by atoms with Gasteiger partial charge in [0.05, 0.1) is 10.9 Å². The van der Waals surface area contributed by atoms with Crippen LogP contribution < -0.4 is 21.9 Å². The molecule has 0 fully saturated rings. The van der Waals surface area contributed by atoms with E-state index in [4.69, 9.17) is 5.11 Å². The molecule has 1 aromatic heterocycles. The Morgan fingerprint density at radius 3 is 2.22 bits per heavy atom. The number of aromatic amines is 1. The maximum absolute atomic E-state index is 13.6. The summed E-state index contributed by atoms with van der Waals surface area (Å²) < 4.78 is 0.871. The Kier molecular flexibility index (Phi) is 8.42. The van der Waals surface area contributed by atoms with Gasteiger partial charge < -0.3 is 20.7 Å².